The molecule has 16 nitrogen and oxygen atoms in total. The van der Waals surface area contributed by atoms with E-state index in [9.17, 15) is 10.4 Å². The Morgan fingerprint density at radius 3 is 2.40 bits per heavy atom. The number of fused-ring (bicyclic) bond motifs is 1. The van der Waals surface area contributed by atoms with Gasteiger partial charge in [-0.25, -0.2) is 19.5 Å². The quantitative estimate of drug-likeness (QED) is 0.250. The van der Waals surface area contributed by atoms with E-state index in [1.165, 1.54) is 4.57 Å². The highest BCUT2D eigenvalue weighted by atomic mass is 16.8. The molecular weight excluding hydrogens is 618 g/mol. The van der Waals surface area contributed by atoms with Gasteiger partial charge >= 0.3 is 5.62 Å². The van der Waals surface area contributed by atoms with Crippen molar-refractivity contribution in [2.24, 2.45) is 7.05 Å². The first-order chi connectivity index (χ1) is 23.4. The molecule has 0 atom stereocenters. The lowest BCUT2D eigenvalue weighted by atomic mass is 9.93. The fraction of sp³-hybridized carbons (Fsp3) is 0.531. The second-order valence-corrected chi connectivity index (χ2v) is 12.6. The van der Waals surface area contributed by atoms with Crippen molar-refractivity contribution < 1.29 is 14.2 Å². The Morgan fingerprint density at radius 2 is 1.69 bits per heavy atom. The van der Waals surface area contributed by atoms with E-state index in [4.69, 9.17) is 24.2 Å². The molecule has 1 saturated carbocycles. The molecule has 0 unspecified atom stereocenters. The second-order valence-electron chi connectivity index (χ2n) is 12.6. The van der Waals surface area contributed by atoms with Gasteiger partial charge in [0.05, 0.1) is 55.4 Å². The Kier molecular flexibility index (Phi) is 9.34. The van der Waals surface area contributed by atoms with Crippen LogP contribution < -0.4 is 35.1 Å². The lowest BCUT2D eigenvalue weighted by molar-refractivity contribution is 0.122. The lowest BCUT2D eigenvalue weighted by Gasteiger charge is -2.33. The number of rotatable bonds is 9. The summed E-state index contributed by atoms with van der Waals surface area (Å²) in [5.74, 6) is 2.50. The van der Waals surface area contributed by atoms with Gasteiger partial charge in [-0.1, -0.05) is 0 Å². The number of nitrogens with zero attached hydrogens (tertiary/aromatic N) is 9. The van der Waals surface area contributed by atoms with E-state index in [1.54, 1.807) is 19.4 Å². The number of nitrogens with one attached hydrogen (secondary N) is 2. The highest BCUT2D eigenvalue weighted by Gasteiger charge is 2.26. The zero-order valence-electron chi connectivity index (χ0n) is 27.4. The van der Waals surface area contributed by atoms with E-state index in [1.807, 2.05) is 24.5 Å². The van der Waals surface area contributed by atoms with Gasteiger partial charge in [0.15, 0.2) is 0 Å². The van der Waals surface area contributed by atoms with Gasteiger partial charge in [0, 0.05) is 51.4 Å². The van der Waals surface area contributed by atoms with E-state index in [-0.39, 0.29) is 24.4 Å². The molecule has 4 aromatic rings. The zero-order valence-corrected chi connectivity index (χ0v) is 27.4. The smallest absolute Gasteiger partial charge is 0.358 e. The molecule has 2 aliphatic heterocycles. The summed E-state index contributed by atoms with van der Waals surface area (Å²) in [4.78, 5) is 28.0. The van der Waals surface area contributed by atoms with Crippen LogP contribution in [0.25, 0.3) is 10.9 Å². The molecular formula is C32H42N11O5-. The number of anilines is 3. The van der Waals surface area contributed by atoms with Crippen LogP contribution in [0.1, 0.15) is 31.4 Å². The number of imidazole rings is 1. The third-order valence-electron chi connectivity index (χ3n) is 9.41. The van der Waals surface area contributed by atoms with Crippen molar-refractivity contribution in [1.82, 2.24) is 39.3 Å². The van der Waals surface area contributed by atoms with E-state index in [2.05, 4.69) is 42.0 Å². The van der Waals surface area contributed by atoms with Gasteiger partial charge in [0.2, 0.25) is 11.8 Å². The molecule has 4 aromatic heterocycles. The molecule has 6 heterocycles. The van der Waals surface area contributed by atoms with Crippen LogP contribution in [0, 0.1) is 10.4 Å². The Morgan fingerprint density at radius 1 is 0.938 bits per heavy atom. The molecule has 0 radical (unpaired) electrons. The maximum Gasteiger partial charge on any atom is 0.358 e. The summed E-state index contributed by atoms with van der Waals surface area (Å²) in [7, 11) is 3.77. The highest BCUT2D eigenvalue weighted by Crippen LogP contribution is 2.33. The van der Waals surface area contributed by atoms with Crippen LogP contribution in [0.4, 0.5) is 17.5 Å². The van der Waals surface area contributed by atoms with Gasteiger partial charge in [0.25, 0.3) is 0 Å². The largest absolute Gasteiger partial charge is 0.744 e. The fourth-order valence-corrected chi connectivity index (χ4v) is 6.42. The Bertz CT molecular complexity index is 1750. The number of ether oxygens (including phenoxy) is 3. The average Bonchev–Trinajstić information content (AvgIpc) is 3.49. The number of hydrogen-bond acceptors (Lipinski definition) is 13. The summed E-state index contributed by atoms with van der Waals surface area (Å²) in [5.41, 5.74) is 2.33. The Balaban J connectivity index is 1.02. The summed E-state index contributed by atoms with van der Waals surface area (Å²) >= 11 is 0. The third kappa shape index (κ3) is 7.18. The van der Waals surface area contributed by atoms with Crippen LogP contribution in [0.2, 0.25) is 0 Å². The highest BCUT2D eigenvalue weighted by molar-refractivity contribution is 5.87. The van der Waals surface area contributed by atoms with Crippen LogP contribution in [0.15, 0.2) is 36.9 Å². The van der Waals surface area contributed by atoms with Crippen molar-refractivity contribution >= 4 is 28.4 Å². The first-order valence-corrected chi connectivity index (χ1v) is 16.6. The van der Waals surface area contributed by atoms with Crippen LogP contribution in [0.3, 0.4) is 0 Å². The maximum atomic E-state index is 11.2. The molecule has 2 saturated heterocycles. The van der Waals surface area contributed by atoms with Crippen molar-refractivity contribution in [2.75, 3.05) is 74.6 Å². The van der Waals surface area contributed by atoms with Crippen LogP contribution in [0.5, 0.6) is 11.6 Å². The minimum atomic E-state index is -0.466. The number of aromatic amines is 1. The molecule has 1 aliphatic carbocycles. The molecule has 7 rings (SSSR count). The third-order valence-corrected chi connectivity index (χ3v) is 9.41. The molecule has 16 heteroatoms. The first-order valence-electron chi connectivity index (χ1n) is 16.6. The zero-order chi connectivity index (χ0) is 33.0. The van der Waals surface area contributed by atoms with Crippen molar-refractivity contribution in [2.45, 2.75) is 44.4 Å². The van der Waals surface area contributed by atoms with Crippen molar-refractivity contribution in [3.63, 3.8) is 0 Å². The number of likely N-dealkylation sites (N-methyl/N-ethyl adjacent to an activating group) is 1. The first kappa shape index (κ1) is 31.8. The number of pyridine rings is 2. The second kappa shape index (κ2) is 14.1. The minimum Gasteiger partial charge on any atom is -0.744 e. The number of piperazine rings is 1. The van der Waals surface area contributed by atoms with E-state index in [0.717, 1.165) is 87.4 Å². The summed E-state index contributed by atoms with van der Waals surface area (Å²) in [6, 6.07) is 4.12. The van der Waals surface area contributed by atoms with Gasteiger partial charge in [-0.2, -0.15) is 4.98 Å². The van der Waals surface area contributed by atoms with E-state index in [0.29, 0.717) is 36.5 Å². The van der Waals surface area contributed by atoms with E-state index < -0.39 is 4.90 Å². The topological polar surface area (TPSA) is 171 Å². The van der Waals surface area contributed by atoms with E-state index >= 15 is 0 Å². The SMILES string of the molecule is CN1CCN(c2cnc(NC3CCC(Oc4nc(N5CCOCC5)cc5ncc(OCc6c[nH]c(=[N+]([O-])[O-])n6C)cc45)CC3)nc2)CC1. The van der Waals surface area contributed by atoms with Crippen LogP contribution in [-0.2, 0) is 18.4 Å². The molecule has 0 aromatic carbocycles. The van der Waals surface area contributed by atoms with Gasteiger partial charge in [-0.05, 0) is 38.8 Å². The van der Waals surface area contributed by atoms with Crippen molar-refractivity contribution in [3.05, 3.63) is 58.6 Å². The monoisotopic (exact) mass is 660 g/mol. The summed E-state index contributed by atoms with van der Waals surface area (Å²) in [6.07, 6.45) is 10.6. The Labute approximate surface area is 278 Å². The van der Waals surface area contributed by atoms with Gasteiger partial charge < -0.3 is 44.6 Å². The van der Waals surface area contributed by atoms with Crippen LogP contribution in [-0.4, -0.2) is 106 Å². The molecule has 3 fully saturated rings. The molecule has 0 bridgehead atoms. The lowest BCUT2D eigenvalue weighted by Crippen LogP contribution is -2.44. The van der Waals surface area contributed by atoms with Crippen LogP contribution >= 0.6 is 0 Å². The fourth-order valence-electron chi connectivity index (χ4n) is 6.42. The number of hydrogen-bond donors (Lipinski definition) is 2. The normalized spacial score (nSPS) is 20.5. The average molecular weight is 661 g/mol. The minimum absolute atomic E-state index is 0.0109. The predicted molar refractivity (Wildman–Crippen MR) is 181 cm³/mol. The molecule has 2 N–H and O–H groups in total. The molecule has 256 valence electrons. The summed E-state index contributed by atoms with van der Waals surface area (Å²) in [5, 5.41) is 26.7. The molecule has 0 amide bonds. The van der Waals surface area contributed by atoms with Gasteiger partial charge in [0.1, 0.15) is 36.2 Å². The molecule has 3 aliphatic rings. The predicted octanol–water partition coefficient (Wildman–Crippen LogP) is 1.82. The number of morpholine rings is 1. The summed E-state index contributed by atoms with van der Waals surface area (Å²) in [6.45, 7) is 6.96. The van der Waals surface area contributed by atoms with Crippen molar-refractivity contribution in [3.8, 4) is 11.6 Å². The Hall–Kier alpha value is -4.83. The van der Waals surface area contributed by atoms with Gasteiger partial charge in [-0.15, -0.1) is 0 Å². The molecule has 48 heavy (non-hydrogen) atoms. The summed E-state index contributed by atoms with van der Waals surface area (Å²) < 4.78 is 19.7. The maximum absolute atomic E-state index is 11.2. The van der Waals surface area contributed by atoms with Gasteiger partial charge in [-0.3, -0.25) is 9.89 Å². The number of H-pyrrole nitrogens is 1. The standard InChI is InChI=1S/C32H42N11O5/c1-39-7-9-41(10-8-39)23-17-34-31(35-18-23)37-22-3-5-25(6-4-22)48-30-27-15-26(47-21-24-19-36-32(40(24)2)43(44)45)20-33-28(27)16-29(38-30)42-11-13-46-14-12-42/h15-20,22,25,36H,3-14,21H2,1-2H3,(H-,34,35,37,44,45)/q-1. The van der Waals surface area contributed by atoms with Crippen molar-refractivity contribution in [1.29, 1.82) is 0 Å². The molecule has 0 spiro atoms. The number of aromatic nitrogens is 6.